The zero-order valence-electron chi connectivity index (χ0n) is 11.3. The van der Waals surface area contributed by atoms with Crippen LogP contribution in [0.2, 0.25) is 0 Å². The second-order valence-electron chi connectivity index (χ2n) is 4.51. The lowest BCUT2D eigenvalue weighted by Crippen LogP contribution is -2.42. The van der Waals surface area contributed by atoms with Crippen molar-refractivity contribution in [3.63, 3.8) is 0 Å². The van der Waals surface area contributed by atoms with Crippen molar-refractivity contribution in [3.05, 3.63) is 34.1 Å². The lowest BCUT2D eigenvalue weighted by molar-refractivity contribution is -0.109. The Bertz CT molecular complexity index is 447. The number of alkyl halides is 1. The molecule has 0 radical (unpaired) electrons. The zero-order valence-corrected chi connectivity index (χ0v) is 13.7. The molecule has 0 fully saturated rings. The van der Waals surface area contributed by atoms with Crippen LogP contribution in [0.3, 0.4) is 0 Å². The van der Waals surface area contributed by atoms with Crippen molar-refractivity contribution in [1.29, 1.82) is 0 Å². The molecule has 0 amide bonds. The SMILES string of the molecule is CCCCSN[C@@](CF)(CC=O)c1cc(Br)ccc1F. The van der Waals surface area contributed by atoms with Crippen molar-refractivity contribution in [1.82, 2.24) is 4.72 Å². The van der Waals surface area contributed by atoms with Crippen LogP contribution in [-0.4, -0.2) is 18.7 Å². The van der Waals surface area contributed by atoms with Crippen molar-refractivity contribution >= 4 is 34.2 Å². The Labute approximate surface area is 131 Å². The first kappa shape index (κ1) is 17.6. The number of carbonyl (C=O) groups excluding carboxylic acids is 1. The number of hydrogen-bond acceptors (Lipinski definition) is 3. The molecule has 0 aliphatic heterocycles. The topological polar surface area (TPSA) is 29.1 Å². The van der Waals surface area contributed by atoms with Gasteiger partial charge >= 0.3 is 0 Å². The van der Waals surface area contributed by atoms with Gasteiger partial charge in [0, 0.05) is 22.2 Å². The summed E-state index contributed by atoms with van der Waals surface area (Å²) in [6.45, 7) is 1.21. The third-order valence-electron chi connectivity index (χ3n) is 2.97. The van der Waals surface area contributed by atoms with Crippen LogP contribution in [0.25, 0.3) is 0 Å². The van der Waals surface area contributed by atoms with Gasteiger partial charge in [0.25, 0.3) is 0 Å². The summed E-state index contributed by atoms with van der Waals surface area (Å²) in [5, 5.41) is 0. The molecular formula is C14H18BrF2NOS. The maximum atomic E-state index is 14.0. The minimum Gasteiger partial charge on any atom is -0.303 e. The molecule has 1 aromatic carbocycles. The number of nitrogens with one attached hydrogen (secondary N) is 1. The second-order valence-corrected chi connectivity index (χ2v) is 6.33. The van der Waals surface area contributed by atoms with Crippen LogP contribution < -0.4 is 4.72 Å². The van der Waals surface area contributed by atoms with E-state index in [-0.39, 0.29) is 12.0 Å². The second kappa shape index (κ2) is 8.74. The molecule has 6 heteroatoms. The summed E-state index contributed by atoms with van der Waals surface area (Å²) in [4.78, 5) is 10.9. The number of halogens is 3. The van der Waals surface area contributed by atoms with Gasteiger partial charge in [-0.15, -0.1) is 0 Å². The summed E-state index contributed by atoms with van der Waals surface area (Å²) < 4.78 is 31.2. The van der Waals surface area contributed by atoms with Crippen LogP contribution in [0.15, 0.2) is 22.7 Å². The summed E-state index contributed by atoms with van der Waals surface area (Å²) in [6, 6.07) is 4.34. The van der Waals surface area contributed by atoms with Gasteiger partial charge in [-0.25, -0.2) is 8.78 Å². The molecule has 0 aliphatic carbocycles. The molecule has 0 spiro atoms. The first-order chi connectivity index (χ1) is 9.59. The highest BCUT2D eigenvalue weighted by Gasteiger charge is 2.35. The van der Waals surface area contributed by atoms with E-state index in [1.54, 1.807) is 6.07 Å². The van der Waals surface area contributed by atoms with E-state index in [1.807, 2.05) is 0 Å². The largest absolute Gasteiger partial charge is 0.303 e. The fourth-order valence-electron chi connectivity index (χ4n) is 1.77. The Hall–Kier alpha value is -0.460. The summed E-state index contributed by atoms with van der Waals surface area (Å²) in [5.41, 5.74) is -1.14. The van der Waals surface area contributed by atoms with E-state index in [0.29, 0.717) is 10.8 Å². The summed E-state index contributed by atoms with van der Waals surface area (Å²) >= 11 is 4.58. The van der Waals surface area contributed by atoms with E-state index in [9.17, 15) is 13.6 Å². The summed E-state index contributed by atoms with van der Waals surface area (Å²) in [7, 11) is 0. The van der Waals surface area contributed by atoms with Gasteiger partial charge in [0.15, 0.2) is 0 Å². The van der Waals surface area contributed by atoms with Gasteiger partial charge in [-0.2, -0.15) is 0 Å². The number of unbranched alkanes of at least 4 members (excludes halogenated alkanes) is 1. The highest BCUT2D eigenvalue weighted by Crippen LogP contribution is 2.32. The smallest absolute Gasteiger partial charge is 0.128 e. The number of hydrogen-bond donors (Lipinski definition) is 1. The molecule has 1 rings (SSSR count). The molecule has 0 aliphatic rings. The van der Waals surface area contributed by atoms with Gasteiger partial charge in [0.05, 0.1) is 5.54 Å². The first-order valence-corrected chi connectivity index (χ1v) is 8.21. The summed E-state index contributed by atoms with van der Waals surface area (Å²) in [6.07, 6.45) is 2.50. The highest BCUT2D eigenvalue weighted by atomic mass is 79.9. The molecule has 112 valence electrons. The maximum Gasteiger partial charge on any atom is 0.128 e. The van der Waals surface area contributed by atoms with Crippen molar-refractivity contribution in [3.8, 4) is 0 Å². The molecule has 2 nitrogen and oxygen atoms in total. The molecular weight excluding hydrogens is 348 g/mol. The van der Waals surface area contributed by atoms with Crippen LogP contribution >= 0.6 is 27.9 Å². The molecule has 0 bridgehead atoms. The number of benzene rings is 1. The predicted octanol–water partition coefficient (Wildman–Crippen LogP) is 4.38. The Kier molecular flexibility index (Phi) is 7.69. The highest BCUT2D eigenvalue weighted by molar-refractivity contribution is 9.10. The number of carbonyl (C=O) groups is 1. The van der Waals surface area contributed by atoms with Gasteiger partial charge in [-0.05, 0) is 24.6 Å². The Balaban J connectivity index is 3.02. The minimum atomic E-state index is -1.31. The van der Waals surface area contributed by atoms with Crippen LogP contribution in [-0.2, 0) is 10.3 Å². The standard InChI is InChI=1S/C14H18BrF2NOS/c1-2-3-8-20-18-14(10-16,6-7-19)12-9-11(15)4-5-13(12)17/h4-5,7,9,18H,2-3,6,8,10H2,1H3/t14-/m1/s1. The Morgan fingerprint density at radius 2 is 2.25 bits per heavy atom. The van der Waals surface area contributed by atoms with Crippen molar-refractivity contribution < 1.29 is 13.6 Å². The number of rotatable bonds is 9. The van der Waals surface area contributed by atoms with Gasteiger partial charge in [-0.3, -0.25) is 4.72 Å². The molecule has 1 atom stereocenters. The van der Waals surface area contributed by atoms with Crippen molar-refractivity contribution in [2.75, 3.05) is 12.4 Å². The normalized spacial score (nSPS) is 14.0. The lowest BCUT2D eigenvalue weighted by Gasteiger charge is -2.31. The minimum absolute atomic E-state index is 0.115. The van der Waals surface area contributed by atoms with E-state index in [2.05, 4.69) is 27.6 Å². The quantitative estimate of drug-likeness (QED) is 0.400. The fourth-order valence-corrected chi connectivity index (χ4v) is 3.19. The van der Waals surface area contributed by atoms with Crippen LogP contribution in [0.5, 0.6) is 0 Å². The van der Waals surface area contributed by atoms with E-state index in [0.717, 1.165) is 18.6 Å². The monoisotopic (exact) mass is 365 g/mol. The fraction of sp³-hybridized carbons (Fsp3) is 0.500. The van der Waals surface area contributed by atoms with Crippen molar-refractivity contribution in [2.24, 2.45) is 0 Å². The predicted molar refractivity (Wildman–Crippen MR) is 82.9 cm³/mol. The lowest BCUT2D eigenvalue weighted by atomic mass is 9.89. The van der Waals surface area contributed by atoms with Gasteiger partial charge in [0.2, 0.25) is 0 Å². The molecule has 20 heavy (non-hydrogen) atoms. The van der Waals surface area contributed by atoms with E-state index in [1.165, 1.54) is 24.1 Å². The molecule has 0 aromatic heterocycles. The molecule has 1 aromatic rings. The van der Waals surface area contributed by atoms with Gasteiger partial charge in [0.1, 0.15) is 18.8 Å². The molecule has 0 heterocycles. The third kappa shape index (κ3) is 4.53. The average molecular weight is 366 g/mol. The van der Waals surface area contributed by atoms with Crippen LogP contribution in [0, 0.1) is 5.82 Å². The zero-order chi connectivity index (χ0) is 15.0. The van der Waals surface area contributed by atoms with E-state index >= 15 is 0 Å². The molecule has 0 saturated heterocycles. The summed E-state index contributed by atoms with van der Waals surface area (Å²) in [5.74, 6) is 0.267. The van der Waals surface area contributed by atoms with Crippen molar-refractivity contribution in [2.45, 2.75) is 31.7 Å². The van der Waals surface area contributed by atoms with E-state index < -0.39 is 18.0 Å². The van der Waals surface area contributed by atoms with Crippen LogP contribution in [0.4, 0.5) is 8.78 Å². The Morgan fingerprint density at radius 1 is 1.50 bits per heavy atom. The Morgan fingerprint density at radius 3 is 2.85 bits per heavy atom. The van der Waals surface area contributed by atoms with Gasteiger partial charge < -0.3 is 4.79 Å². The van der Waals surface area contributed by atoms with Gasteiger partial charge in [-0.1, -0.05) is 41.2 Å². The van der Waals surface area contributed by atoms with E-state index in [4.69, 9.17) is 0 Å². The average Bonchev–Trinajstić information content (AvgIpc) is 2.45. The third-order valence-corrected chi connectivity index (χ3v) is 4.49. The first-order valence-electron chi connectivity index (χ1n) is 6.43. The molecule has 0 unspecified atom stereocenters. The van der Waals surface area contributed by atoms with Crippen LogP contribution in [0.1, 0.15) is 31.7 Å². The number of aldehydes is 1. The molecule has 0 saturated carbocycles. The maximum absolute atomic E-state index is 14.0. The molecule has 1 N–H and O–H groups in total.